The van der Waals surface area contributed by atoms with Gasteiger partial charge in [0.1, 0.15) is 0 Å². The highest BCUT2D eigenvalue weighted by Gasteiger charge is 2.26. The van der Waals surface area contributed by atoms with Crippen LogP contribution in [0.2, 0.25) is 0 Å². The van der Waals surface area contributed by atoms with Crippen molar-refractivity contribution < 1.29 is 13.3 Å². The van der Waals surface area contributed by atoms with Gasteiger partial charge in [0.2, 0.25) is 10.0 Å². The zero-order chi connectivity index (χ0) is 14.8. The molecule has 0 atom stereocenters. The van der Waals surface area contributed by atoms with Crippen LogP contribution >= 0.6 is 0 Å². The van der Waals surface area contributed by atoms with Crippen molar-refractivity contribution in [3.63, 3.8) is 0 Å². The summed E-state index contributed by atoms with van der Waals surface area (Å²) in [6.45, 7) is 8.69. The van der Waals surface area contributed by atoms with Gasteiger partial charge in [0.05, 0.1) is 4.92 Å². The number of nitro groups is 1. The molecule has 7 heteroatoms. The zero-order valence-corrected chi connectivity index (χ0v) is 11.9. The fourth-order valence-corrected chi connectivity index (χ4v) is 2.76. The fraction of sp³-hybridized carbons (Fsp3) is 0.333. The van der Waals surface area contributed by atoms with Crippen LogP contribution in [0.15, 0.2) is 29.2 Å². The average Bonchev–Trinajstić information content (AvgIpc) is 2.29. The van der Waals surface area contributed by atoms with Gasteiger partial charge in [0, 0.05) is 12.6 Å². The molecule has 104 valence electrons. The maximum atomic E-state index is 12.1. The Labute approximate surface area is 112 Å². The number of rotatable bonds is 5. The number of hydrogen-bond acceptors (Lipinski definition) is 4. The van der Waals surface area contributed by atoms with E-state index in [1.165, 1.54) is 12.1 Å². The second kappa shape index (κ2) is 5.50. The standard InChI is InChI=1S/C12H16N2O4S/c1-8(2)7-13-19(17,18)12-6-10(4)9(3)5-11(12)14(15)16/h5-6,13H,1,7H2,2-4H3. The Balaban J connectivity index is 3.36. The quantitative estimate of drug-likeness (QED) is 0.509. The summed E-state index contributed by atoms with van der Waals surface area (Å²) >= 11 is 0. The van der Waals surface area contributed by atoms with Gasteiger partial charge in [-0.1, -0.05) is 12.2 Å². The van der Waals surface area contributed by atoms with Gasteiger partial charge in [-0.25, -0.2) is 13.1 Å². The van der Waals surface area contributed by atoms with Gasteiger partial charge < -0.3 is 0 Å². The Morgan fingerprint density at radius 3 is 2.37 bits per heavy atom. The first kappa shape index (κ1) is 15.3. The minimum Gasteiger partial charge on any atom is -0.258 e. The maximum absolute atomic E-state index is 12.1. The van der Waals surface area contributed by atoms with E-state index in [1.54, 1.807) is 20.8 Å². The molecule has 6 nitrogen and oxygen atoms in total. The molecule has 0 aliphatic carbocycles. The number of benzene rings is 1. The van der Waals surface area contributed by atoms with E-state index >= 15 is 0 Å². The van der Waals surface area contributed by atoms with Gasteiger partial charge in [0.15, 0.2) is 4.90 Å². The Morgan fingerprint density at radius 1 is 1.37 bits per heavy atom. The van der Waals surface area contributed by atoms with Crippen molar-refractivity contribution in [2.75, 3.05) is 6.54 Å². The van der Waals surface area contributed by atoms with Crippen molar-refractivity contribution in [2.24, 2.45) is 0 Å². The van der Waals surface area contributed by atoms with Crippen LogP contribution in [0, 0.1) is 24.0 Å². The molecule has 1 aromatic carbocycles. The first-order valence-corrected chi connectivity index (χ1v) is 7.03. The van der Waals surface area contributed by atoms with Crippen molar-refractivity contribution in [3.8, 4) is 0 Å². The topological polar surface area (TPSA) is 89.3 Å². The summed E-state index contributed by atoms with van der Waals surface area (Å²) in [6, 6.07) is 2.58. The van der Waals surface area contributed by atoms with Gasteiger partial charge >= 0.3 is 0 Å². The van der Waals surface area contributed by atoms with Crippen molar-refractivity contribution in [2.45, 2.75) is 25.7 Å². The van der Waals surface area contributed by atoms with Gasteiger partial charge in [-0.3, -0.25) is 10.1 Å². The summed E-state index contributed by atoms with van der Waals surface area (Å²) in [7, 11) is -3.92. The zero-order valence-electron chi connectivity index (χ0n) is 11.1. The monoisotopic (exact) mass is 284 g/mol. The number of nitrogens with one attached hydrogen (secondary N) is 1. The van der Waals surface area contributed by atoms with Crippen LogP contribution in [-0.2, 0) is 10.0 Å². The third-order valence-electron chi connectivity index (χ3n) is 2.63. The fourth-order valence-electron chi connectivity index (χ4n) is 1.43. The first-order chi connectivity index (χ1) is 8.65. The van der Waals surface area contributed by atoms with Crippen LogP contribution in [0.5, 0.6) is 0 Å². The summed E-state index contributed by atoms with van der Waals surface area (Å²) < 4.78 is 26.4. The lowest BCUT2D eigenvalue weighted by molar-refractivity contribution is -0.387. The van der Waals surface area contributed by atoms with Gasteiger partial charge in [-0.2, -0.15) is 0 Å². The molecule has 0 aliphatic rings. The highest BCUT2D eigenvalue weighted by Crippen LogP contribution is 2.27. The predicted molar refractivity (Wildman–Crippen MR) is 72.6 cm³/mol. The summed E-state index contributed by atoms with van der Waals surface area (Å²) in [5, 5.41) is 11.0. The minimum atomic E-state index is -3.92. The lowest BCUT2D eigenvalue weighted by Crippen LogP contribution is -2.26. The van der Waals surface area contributed by atoms with Gasteiger partial charge in [-0.15, -0.1) is 0 Å². The van der Waals surface area contributed by atoms with Gasteiger partial charge in [0.25, 0.3) is 5.69 Å². The molecule has 1 N–H and O–H groups in total. The van der Waals surface area contributed by atoms with E-state index in [2.05, 4.69) is 11.3 Å². The predicted octanol–water partition coefficient (Wildman–Crippen LogP) is 2.07. The molecule has 0 aromatic heterocycles. The van der Waals surface area contributed by atoms with Crippen molar-refractivity contribution in [3.05, 3.63) is 45.5 Å². The molecular weight excluding hydrogens is 268 g/mol. The Kier molecular flexibility index (Phi) is 4.43. The maximum Gasteiger partial charge on any atom is 0.289 e. The normalized spacial score (nSPS) is 11.3. The number of aryl methyl sites for hydroxylation is 2. The van der Waals surface area contributed by atoms with Crippen LogP contribution < -0.4 is 4.72 Å². The molecule has 19 heavy (non-hydrogen) atoms. The highest BCUT2D eigenvalue weighted by atomic mass is 32.2. The van der Waals surface area contributed by atoms with E-state index in [-0.39, 0.29) is 11.4 Å². The minimum absolute atomic E-state index is 0.0480. The summed E-state index contributed by atoms with van der Waals surface area (Å²) in [5.74, 6) is 0. The van der Waals surface area contributed by atoms with Crippen LogP contribution in [-0.4, -0.2) is 19.9 Å². The Morgan fingerprint density at radius 2 is 1.89 bits per heavy atom. The van der Waals surface area contributed by atoms with E-state index in [4.69, 9.17) is 0 Å². The molecule has 0 saturated carbocycles. The SMILES string of the molecule is C=C(C)CNS(=O)(=O)c1cc(C)c(C)cc1[N+](=O)[O-]. The molecule has 1 aromatic rings. The number of hydrogen-bond donors (Lipinski definition) is 1. The molecule has 0 fully saturated rings. The van der Waals surface area contributed by atoms with E-state index in [0.717, 1.165) is 0 Å². The molecule has 0 heterocycles. The Bertz CT molecular complexity index is 635. The van der Waals surface area contributed by atoms with E-state index in [9.17, 15) is 18.5 Å². The molecule has 0 bridgehead atoms. The first-order valence-electron chi connectivity index (χ1n) is 5.55. The third-order valence-corrected chi connectivity index (χ3v) is 4.06. The largest absolute Gasteiger partial charge is 0.289 e. The van der Waals surface area contributed by atoms with E-state index in [0.29, 0.717) is 16.7 Å². The molecule has 0 amide bonds. The highest BCUT2D eigenvalue weighted by molar-refractivity contribution is 7.89. The number of sulfonamides is 1. The van der Waals surface area contributed by atoms with Gasteiger partial charge in [-0.05, 0) is 38.0 Å². The van der Waals surface area contributed by atoms with Crippen molar-refractivity contribution >= 4 is 15.7 Å². The second-order valence-electron chi connectivity index (χ2n) is 4.44. The summed E-state index contributed by atoms with van der Waals surface area (Å²) in [4.78, 5) is 9.96. The molecule has 0 aliphatic heterocycles. The smallest absolute Gasteiger partial charge is 0.258 e. The lowest BCUT2D eigenvalue weighted by Gasteiger charge is -2.09. The molecule has 1 rings (SSSR count). The molecule has 0 radical (unpaired) electrons. The Hall–Kier alpha value is -1.73. The number of nitro benzene ring substituents is 1. The summed E-state index contributed by atoms with van der Waals surface area (Å²) in [6.07, 6.45) is 0. The van der Waals surface area contributed by atoms with Crippen molar-refractivity contribution in [1.82, 2.24) is 4.72 Å². The van der Waals surface area contributed by atoms with Crippen LogP contribution in [0.4, 0.5) is 5.69 Å². The lowest BCUT2D eigenvalue weighted by atomic mass is 10.1. The van der Waals surface area contributed by atoms with Crippen LogP contribution in [0.3, 0.4) is 0 Å². The summed E-state index contributed by atoms with van der Waals surface area (Å²) in [5.41, 5.74) is 1.55. The molecule has 0 saturated heterocycles. The molecule has 0 spiro atoms. The molecular formula is C12H16N2O4S. The third kappa shape index (κ3) is 3.62. The van der Waals surface area contributed by atoms with E-state index in [1.807, 2.05) is 0 Å². The van der Waals surface area contributed by atoms with Crippen molar-refractivity contribution in [1.29, 1.82) is 0 Å². The van der Waals surface area contributed by atoms with E-state index < -0.39 is 20.6 Å². The van der Waals surface area contributed by atoms with Crippen LogP contribution in [0.1, 0.15) is 18.1 Å². The average molecular weight is 284 g/mol. The number of nitrogens with zero attached hydrogens (tertiary/aromatic N) is 1. The molecule has 0 unspecified atom stereocenters. The van der Waals surface area contributed by atoms with Crippen LogP contribution in [0.25, 0.3) is 0 Å². The second-order valence-corrected chi connectivity index (χ2v) is 6.18.